The van der Waals surface area contributed by atoms with E-state index in [4.69, 9.17) is 4.74 Å². The molecule has 0 radical (unpaired) electrons. The number of amides is 1. The van der Waals surface area contributed by atoms with Gasteiger partial charge in [-0.15, -0.1) is 0 Å². The maximum absolute atomic E-state index is 13.1. The van der Waals surface area contributed by atoms with Gasteiger partial charge in [-0.05, 0) is 37.8 Å². The van der Waals surface area contributed by atoms with Crippen molar-refractivity contribution in [2.75, 3.05) is 30.9 Å². The summed E-state index contributed by atoms with van der Waals surface area (Å²) < 4.78 is 8.76. The van der Waals surface area contributed by atoms with Gasteiger partial charge in [-0.2, -0.15) is 9.61 Å². The molecule has 3 aromatic heterocycles. The smallest absolute Gasteiger partial charge is 0.274 e. The number of nitrogens with one attached hydrogen (secondary N) is 3. The summed E-state index contributed by atoms with van der Waals surface area (Å²) in [4.78, 5) is 30.5. The summed E-state index contributed by atoms with van der Waals surface area (Å²) in [5, 5.41) is 23.1. The molecule has 174 valence electrons. The third-order valence-corrected chi connectivity index (χ3v) is 6.29. The normalized spacial score (nSPS) is 22.5. The Balaban J connectivity index is 1.46. The summed E-state index contributed by atoms with van der Waals surface area (Å²) >= 11 is 0. The molecule has 3 atom stereocenters. The molecule has 11 heteroatoms. The van der Waals surface area contributed by atoms with E-state index in [1.54, 1.807) is 29.9 Å². The van der Waals surface area contributed by atoms with Crippen LogP contribution in [0.15, 0.2) is 35.4 Å². The third-order valence-electron chi connectivity index (χ3n) is 6.29. The molecule has 0 unspecified atom stereocenters. The molecule has 1 saturated carbocycles. The minimum absolute atomic E-state index is 0.00305. The molecule has 0 spiro atoms. The molecule has 33 heavy (non-hydrogen) atoms. The summed E-state index contributed by atoms with van der Waals surface area (Å²) in [7, 11) is 1.74. The lowest BCUT2D eigenvalue weighted by Gasteiger charge is -2.32. The number of rotatable bonds is 6. The zero-order valence-corrected chi connectivity index (χ0v) is 18.3. The minimum Gasteiger partial charge on any atom is -0.391 e. The van der Waals surface area contributed by atoms with Crippen molar-refractivity contribution in [3.05, 3.63) is 46.5 Å². The Labute approximate surface area is 189 Å². The number of pyridine rings is 1. The molecule has 4 heterocycles. The van der Waals surface area contributed by atoms with Crippen LogP contribution in [-0.2, 0) is 4.74 Å². The highest BCUT2D eigenvalue weighted by molar-refractivity contribution is 6.00. The Bertz CT molecular complexity index is 1230. The van der Waals surface area contributed by atoms with Gasteiger partial charge in [0, 0.05) is 25.9 Å². The molecule has 1 amide bonds. The first-order valence-electron chi connectivity index (χ1n) is 11.2. The van der Waals surface area contributed by atoms with Gasteiger partial charge < -0.3 is 30.4 Å². The van der Waals surface area contributed by atoms with Gasteiger partial charge >= 0.3 is 0 Å². The second kappa shape index (κ2) is 8.83. The molecule has 11 nitrogen and oxygen atoms in total. The van der Waals surface area contributed by atoms with Gasteiger partial charge in [-0.25, -0.2) is 4.98 Å². The van der Waals surface area contributed by atoms with Crippen LogP contribution < -0.4 is 21.5 Å². The minimum atomic E-state index is -0.524. The quantitative estimate of drug-likeness (QED) is 0.438. The molecule has 1 saturated heterocycles. The van der Waals surface area contributed by atoms with Gasteiger partial charge in [0.25, 0.3) is 11.5 Å². The van der Waals surface area contributed by atoms with E-state index in [0.29, 0.717) is 41.6 Å². The standard InChI is InChI=1S/C22H27N7O4/c1-23-19-10-18(25-16-5-2-8-28(22(16)32)13-4-3-9-33-12-13)27-20-14(11-24-29(19)20)21(31)26-15-6-7-17(15)30/h2,5,8,10-11,13,15,17,23,30H,3-4,6-7,9,12H2,1H3,(H,25,27)(H,26,31)/t13-,15-,17+/m1/s1. The molecule has 2 aliphatic rings. The molecular formula is C22H27N7O4. The first-order valence-corrected chi connectivity index (χ1v) is 11.2. The number of carbonyl (C=O) groups excluding carboxylic acids is 1. The maximum Gasteiger partial charge on any atom is 0.274 e. The van der Waals surface area contributed by atoms with E-state index >= 15 is 0 Å². The lowest BCUT2D eigenvalue weighted by atomic mass is 9.89. The number of aliphatic hydroxyl groups is 1. The van der Waals surface area contributed by atoms with Crippen LogP contribution in [0.4, 0.5) is 17.3 Å². The second-order valence-electron chi connectivity index (χ2n) is 8.43. The van der Waals surface area contributed by atoms with Crippen molar-refractivity contribution in [3.63, 3.8) is 0 Å². The van der Waals surface area contributed by atoms with Gasteiger partial charge in [0.1, 0.15) is 22.9 Å². The fraction of sp³-hybridized carbons (Fsp3) is 0.455. The van der Waals surface area contributed by atoms with Crippen molar-refractivity contribution in [2.45, 2.75) is 43.9 Å². The molecule has 5 rings (SSSR count). The first-order chi connectivity index (χ1) is 16.0. The number of hydrogen-bond donors (Lipinski definition) is 4. The van der Waals surface area contributed by atoms with Crippen molar-refractivity contribution in [3.8, 4) is 0 Å². The SMILES string of the molecule is CNc1cc(Nc2cccn([C@@H]3CCCOC3)c2=O)nc2c(C(=O)N[C@@H]3CC[C@@H]3O)cnn12. The highest BCUT2D eigenvalue weighted by atomic mass is 16.5. The number of ether oxygens (including phenoxy) is 1. The molecule has 1 aliphatic heterocycles. The van der Waals surface area contributed by atoms with E-state index in [9.17, 15) is 14.7 Å². The van der Waals surface area contributed by atoms with E-state index in [-0.39, 0.29) is 23.6 Å². The monoisotopic (exact) mass is 453 g/mol. The Morgan fingerprint density at radius 1 is 1.30 bits per heavy atom. The largest absolute Gasteiger partial charge is 0.391 e. The lowest BCUT2D eigenvalue weighted by Crippen LogP contribution is -2.50. The van der Waals surface area contributed by atoms with Crippen LogP contribution >= 0.6 is 0 Å². The number of aliphatic hydroxyl groups excluding tert-OH is 1. The van der Waals surface area contributed by atoms with Crippen molar-refractivity contribution >= 4 is 28.9 Å². The topological polar surface area (TPSA) is 135 Å². The van der Waals surface area contributed by atoms with E-state index in [2.05, 4.69) is 26.0 Å². The predicted molar refractivity (Wildman–Crippen MR) is 122 cm³/mol. The zero-order chi connectivity index (χ0) is 22.9. The number of fused-ring (bicyclic) bond motifs is 1. The summed E-state index contributed by atoms with van der Waals surface area (Å²) in [6.07, 6.45) is 5.92. The number of nitrogens with zero attached hydrogens (tertiary/aromatic N) is 4. The lowest BCUT2D eigenvalue weighted by molar-refractivity contribution is 0.0448. The number of hydrogen-bond acceptors (Lipinski definition) is 8. The highest BCUT2D eigenvalue weighted by Gasteiger charge is 2.31. The summed E-state index contributed by atoms with van der Waals surface area (Å²) in [5.74, 6) is 0.654. The van der Waals surface area contributed by atoms with Crippen LogP contribution in [0.1, 0.15) is 42.1 Å². The Morgan fingerprint density at radius 2 is 2.18 bits per heavy atom. The van der Waals surface area contributed by atoms with Crippen LogP contribution in [-0.4, -0.2) is 62.6 Å². The molecule has 3 aromatic rings. The summed E-state index contributed by atoms with van der Waals surface area (Å²) in [5.41, 5.74) is 0.850. The van der Waals surface area contributed by atoms with E-state index in [1.165, 1.54) is 10.7 Å². The molecule has 0 bridgehead atoms. The highest BCUT2D eigenvalue weighted by Crippen LogP contribution is 2.24. The average molecular weight is 454 g/mol. The van der Waals surface area contributed by atoms with Gasteiger partial charge in [0.2, 0.25) is 0 Å². The van der Waals surface area contributed by atoms with Gasteiger partial charge in [0.15, 0.2) is 5.65 Å². The van der Waals surface area contributed by atoms with E-state index in [1.807, 2.05) is 6.07 Å². The maximum atomic E-state index is 13.1. The molecule has 1 aliphatic carbocycles. The van der Waals surface area contributed by atoms with Gasteiger partial charge in [-0.1, -0.05) is 0 Å². The molecule has 0 aromatic carbocycles. The van der Waals surface area contributed by atoms with E-state index in [0.717, 1.165) is 25.9 Å². The zero-order valence-electron chi connectivity index (χ0n) is 18.3. The number of aromatic nitrogens is 4. The van der Waals surface area contributed by atoms with Crippen LogP contribution in [0.2, 0.25) is 0 Å². The van der Waals surface area contributed by atoms with Gasteiger partial charge in [0.05, 0.1) is 31.0 Å². The Kier molecular flexibility index (Phi) is 5.73. The van der Waals surface area contributed by atoms with Crippen molar-refractivity contribution in [2.24, 2.45) is 0 Å². The van der Waals surface area contributed by atoms with Gasteiger partial charge in [-0.3, -0.25) is 9.59 Å². The molecule has 4 N–H and O–H groups in total. The second-order valence-corrected chi connectivity index (χ2v) is 8.43. The molecule has 2 fully saturated rings. The van der Waals surface area contributed by atoms with Crippen LogP contribution in [0, 0.1) is 0 Å². The Hall–Kier alpha value is -3.44. The molecular weight excluding hydrogens is 426 g/mol. The number of anilines is 3. The van der Waals surface area contributed by atoms with Crippen molar-refractivity contribution < 1.29 is 14.6 Å². The summed E-state index contributed by atoms with van der Waals surface area (Å²) in [6.45, 7) is 1.24. The Morgan fingerprint density at radius 3 is 2.88 bits per heavy atom. The first kappa shape index (κ1) is 21.4. The van der Waals surface area contributed by atoms with Crippen molar-refractivity contribution in [1.29, 1.82) is 0 Å². The number of carbonyl (C=O) groups is 1. The fourth-order valence-corrected chi connectivity index (χ4v) is 4.24. The summed E-state index contributed by atoms with van der Waals surface area (Å²) in [6, 6.07) is 4.98. The third kappa shape index (κ3) is 4.05. The van der Waals surface area contributed by atoms with E-state index < -0.39 is 6.10 Å². The van der Waals surface area contributed by atoms with Crippen LogP contribution in [0.3, 0.4) is 0 Å². The van der Waals surface area contributed by atoms with Crippen molar-refractivity contribution in [1.82, 2.24) is 24.5 Å². The fourth-order valence-electron chi connectivity index (χ4n) is 4.24. The van der Waals surface area contributed by atoms with Crippen LogP contribution in [0.5, 0.6) is 0 Å². The van der Waals surface area contributed by atoms with Crippen LogP contribution in [0.25, 0.3) is 5.65 Å². The predicted octanol–water partition coefficient (Wildman–Crippen LogP) is 1.28. The average Bonchev–Trinajstić information content (AvgIpc) is 3.27.